The summed E-state index contributed by atoms with van der Waals surface area (Å²) < 4.78 is 18.7. The van der Waals surface area contributed by atoms with Gasteiger partial charge in [0, 0.05) is 23.4 Å². The molecule has 18 heavy (non-hydrogen) atoms. The molecular weight excluding hydrogens is 233 g/mol. The van der Waals surface area contributed by atoms with Crippen LogP contribution in [0.15, 0.2) is 42.6 Å². The minimum absolute atomic E-state index is 0.0619. The molecule has 0 aliphatic carbocycles. The summed E-state index contributed by atoms with van der Waals surface area (Å²) in [5, 5.41) is 0. The number of benzene rings is 1. The molecule has 0 N–H and O–H groups in total. The second-order valence-electron chi connectivity index (χ2n) is 3.82. The monoisotopic (exact) mass is 245 g/mol. The third kappa shape index (κ3) is 2.91. The Morgan fingerprint density at radius 3 is 2.83 bits per heavy atom. The summed E-state index contributed by atoms with van der Waals surface area (Å²) >= 11 is 0. The van der Waals surface area contributed by atoms with Crippen molar-refractivity contribution in [3.63, 3.8) is 0 Å². The van der Waals surface area contributed by atoms with Gasteiger partial charge >= 0.3 is 0 Å². The summed E-state index contributed by atoms with van der Waals surface area (Å²) in [5.74, 6) is -0.0701. The Kier molecular flexibility index (Phi) is 3.67. The number of hydrogen-bond donors (Lipinski definition) is 0. The zero-order valence-electron chi connectivity index (χ0n) is 9.89. The Morgan fingerprint density at radius 2 is 2.11 bits per heavy atom. The lowest BCUT2D eigenvalue weighted by atomic mass is 10.2. The Bertz CT molecular complexity index is 569. The van der Waals surface area contributed by atoms with Gasteiger partial charge in [0.2, 0.25) is 5.88 Å². The van der Waals surface area contributed by atoms with Crippen molar-refractivity contribution in [3.8, 4) is 5.88 Å². The Hall–Kier alpha value is -2.23. The van der Waals surface area contributed by atoms with Crippen LogP contribution in [0.5, 0.6) is 5.88 Å². The van der Waals surface area contributed by atoms with Gasteiger partial charge in [-0.15, -0.1) is 0 Å². The molecule has 0 aliphatic heterocycles. The third-order valence-corrected chi connectivity index (χ3v) is 2.47. The zero-order valence-corrected chi connectivity index (χ0v) is 9.89. The molecular formula is C14H12FNO2. The highest BCUT2D eigenvalue weighted by Gasteiger charge is 2.05. The zero-order chi connectivity index (χ0) is 13.0. The maximum atomic E-state index is 13.3. The number of pyridine rings is 1. The smallest absolute Gasteiger partial charge is 0.214 e. The fourth-order valence-electron chi connectivity index (χ4n) is 1.47. The number of hydrogen-bond acceptors (Lipinski definition) is 3. The van der Waals surface area contributed by atoms with E-state index < -0.39 is 0 Å². The maximum Gasteiger partial charge on any atom is 0.214 e. The average Bonchev–Trinajstić information content (AvgIpc) is 2.38. The summed E-state index contributed by atoms with van der Waals surface area (Å²) in [5.41, 5.74) is 0.973. The summed E-state index contributed by atoms with van der Waals surface area (Å²) in [4.78, 5) is 15.2. The van der Waals surface area contributed by atoms with Gasteiger partial charge in [0.05, 0.1) is 0 Å². The molecule has 4 heteroatoms. The van der Waals surface area contributed by atoms with Gasteiger partial charge in [-0.1, -0.05) is 18.2 Å². The van der Waals surface area contributed by atoms with Crippen LogP contribution in [0, 0.1) is 5.82 Å². The standard InChI is InChI=1S/C14H12FNO2/c1-10(17)11-6-7-16-14(8-11)18-9-12-4-2-3-5-13(12)15/h2-8H,9H2,1H3. The van der Waals surface area contributed by atoms with E-state index in [1.54, 1.807) is 30.3 Å². The molecule has 0 amide bonds. The van der Waals surface area contributed by atoms with E-state index in [4.69, 9.17) is 4.74 Å². The van der Waals surface area contributed by atoms with Crippen LogP contribution in [-0.2, 0) is 6.61 Å². The highest BCUT2D eigenvalue weighted by Crippen LogP contribution is 2.13. The first kappa shape index (κ1) is 12.2. The van der Waals surface area contributed by atoms with Crippen LogP contribution in [0.4, 0.5) is 4.39 Å². The van der Waals surface area contributed by atoms with Crippen LogP contribution in [0.2, 0.25) is 0 Å². The molecule has 0 saturated heterocycles. The van der Waals surface area contributed by atoms with Crippen molar-refractivity contribution in [1.29, 1.82) is 0 Å². The van der Waals surface area contributed by atoms with Crippen LogP contribution >= 0.6 is 0 Å². The minimum atomic E-state index is -0.319. The van der Waals surface area contributed by atoms with Gasteiger partial charge in [-0.3, -0.25) is 4.79 Å². The van der Waals surface area contributed by atoms with E-state index in [9.17, 15) is 9.18 Å². The molecule has 2 aromatic rings. The molecule has 0 radical (unpaired) electrons. The molecule has 0 spiro atoms. The van der Waals surface area contributed by atoms with E-state index in [0.29, 0.717) is 17.0 Å². The van der Waals surface area contributed by atoms with E-state index in [1.807, 2.05) is 0 Å². The fourth-order valence-corrected chi connectivity index (χ4v) is 1.47. The first-order valence-corrected chi connectivity index (χ1v) is 5.50. The van der Waals surface area contributed by atoms with E-state index in [0.717, 1.165) is 0 Å². The van der Waals surface area contributed by atoms with Gasteiger partial charge in [-0.05, 0) is 19.1 Å². The first-order chi connectivity index (χ1) is 8.66. The molecule has 2 rings (SSSR count). The summed E-state index contributed by atoms with van der Waals surface area (Å²) in [7, 11) is 0. The lowest BCUT2D eigenvalue weighted by Crippen LogP contribution is -2.01. The number of Topliss-reactive ketones (excluding diaryl/α,β-unsaturated/α-hetero) is 1. The van der Waals surface area contributed by atoms with Gasteiger partial charge in [-0.25, -0.2) is 9.37 Å². The molecule has 0 aliphatic rings. The van der Waals surface area contributed by atoms with Gasteiger partial charge in [0.15, 0.2) is 5.78 Å². The van der Waals surface area contributed by atoms with Gasteiger partial charge < -0.3 is 4.74 Å². The number of carbonyl (C=O) groups is 1. The van der Waals surface area contributed by atoms with Crippen molar-refractivity contribution in [2.45, 2.75) is 13.5 Å². The molecule has 0 unspecified atom stereocenters. The van der Waals surface area contributed by atoms with Crippen LogP contribution in [0.1, 0.15) is 22.8 Å². The SMILES string of the molecule is CC(=O)c1ccnc(OCc2ccccc2F)c1. The third-order valence-electron chi connectivity index (χ3n) is 2.47. The molecule has 0 fully saturated rings. The highest BCUT2D eigenvalue weighted by atomic mass is 19.1. The van der Waals surface area contributed by atoms with Crippen molar-refractivity contribution in [2.75, 3.05) is 0 Å². The Morgan fingerprint density at radius 1 is 1.33 bits per heavy atom. The number of ether oxygens (including phenoxy) is 1. The Labute approximate surface area is 104 Å². The number of halogens is 1. The second kappa shape index (κ2) is 5.40. The molecule has 3 nitrogen and oxygen atoms in total. The van der Waals surface area contributed by atoms with Gasteiger partial charge in [-0.2, -0.15) is 0 Å². The Balaban J connectivity index is 2.09. The summed E-state index contributed by atoms with van der Waals surface area (Å²) in [6.45, 7) is 1.55. The summed E-state index contributed by atoms with van der Waals surface area (Å²) in [6, 6.07) is 9.53. The number of ketones is 1. The van der Waals surface area contributed by atoms with E-state index >= 15 is 0 Å². The van der Waals surface area contributed by atoms with Crippen molar-refractivity contribution in [3.05, 3.63) is 59.5 Å². The molecule has 0 saturated carbocycles. The van der Waals surface area contributed by atoms with Crippen LogP contribution in [-0.4, -0.2) is 10.8 Å². The molecule has 0 atom stereocenters. The summed E-state index contributed by atoms with van der Waals surface area (Å²) in [6.07, 6.45) is 1.49. The predicted octanol–water partition coefficient (Wildman–Crippen LogP) is 3.00. The first-order valence-electron chi connectivity index (χ1n) is 5.50. The van der Waals surface area contributed by atoms with Crippen molar-refractivity contribution in [1.82, 2.24) is 4.98 Å². The lowest BCUT2D eigenvalue weighted by molar-refractivity contribution is 0.101. The second-order valence-corrected chi connectivity index (χ2v) is 3.82. The average molecular weight is 245 g/mol. The van der Waals surface area contributed by atoms with E-state index in [-0.39, 0.29) is 18.2 Å². The van der Waals surface area contributed by atoms with Crippen LogP contribution in [0.3, 0.4) is 0 Å². The van der Waals surface area contributed by atoms with Crippen LogP contribution in [0.25, 0.3) is 0 Å². The lowest BCUT2D eigenvalue weighted by Gasteiger charge is -2.06. The van der Waals surface area contributed by atoms with Crippen LogP contribution < -0.4 is 4.74 Å². The minimum Gasteiger partial charge on any atom is -0.473 e. The van der Waals surface area contributed by atoms with E-state index in [1.165, 1.54) is 19.2 Å². The van der Waals surface area contributed by atoms with Crippen molar-refractivity contribution >= 4 is 5.78 Å². The highest BCUT2D eigenvalue weighted by molar-refractivity contribution is 5.94. The largest absolute Gasteiger partial charge is 0.473 e. The molecule has 0 bridgehead atoms. The van der Waals surface area contributed by atoms with Gasteiger partial charge in [0.25, 0.3) is 0 Å². The predicted molar refractivity (Wildman–Crippen MR) is 65.0 cm³/mol. The number of carbonyl (C=O) groups excluding carboxylic acids is 1. The molecule has 1 aromatic carbocycles. The fraction of sp³-hybridized carbons (Fsp3) is 0.143. The van der Waals surface area contributed by atoms with Crippen molar-refractivity contribution in [2.24, 2.45) is 0 Å². The number of nitrogens with zero attached hydrogens (tertiary/aromatic N) is 1. The normalized spacial score (nSPS) is 10.1. The topological polar surface area (TPSA) is 39.2 Å². The molecule has 1 heterocycles. The molecule has 92 valence electrons. The quantitative estimate of drug-likeness (QED) is 0.777. The van der Waals surface area contributed by atoms with E-state index in [2.05, 4.69) is 4.98 Å². The van der Waals surface area contributed by atoms with Crippen molar-refractivity contribution < 1.29 is 13.9 Å². The number of aromatic nitrogens is 1. The maximum absolute atomic E-state index is 13.3. The molecule has 1 aromatic heterocycles. The van der Waals surface area contributed by atoms with Gasteiger partial charge in [0.1, 0.15) is 12.4 Å². The number of rotatable bonds is 4.